The van der Waals surface area contributed by atoms with Crippen LogP contribution in [0.1, 0.15) is 5.56 Å². The van der Waals surface area contributed by atoms with Gasteiger partial charge in [0, 0.05) is 0 Å². The largest absolute Gasteiger partial charge is 0.764 e. The maximum Gasteiger partial charge on any atom is 0.384 e. The highest BCUT2D eigenvalue weighted by Crippen LogP contribution is 2.01. The number of ether oxygens (including phenoxy) is 1. The molecule has 70 valence electrons. The lowest BCUT2D eigenvalue weighted by Gasteiger charge is -2.05. The van der Waals surface area contributed by atoms with Crippen LogP contribution in [-0.4, -0.2) is 14.1 Å². The molecule has 0 saturated carbocycles. The van der Waals surface area contributed by atoms with E-state index in [1.807, 2.05) is 6.07 Å². The smallest absolute Gasteiger partial charge is 0.384 e. The van der Waals surface area contributed by atoms with E-state index in [9.17, 15) is 13.6 Å². The van der Waals surface area contributed by atoms with E-state index in [4.69, 9.17) is 0 Å². The van der Waals surface area contributed by atoms with Crippen molar-refractivity contribution in [3.8, 4) is 0 Å². The van der Waals surface area contributed by atoms with Crippen LogP contribution in [0.25, 0.3) is 0 Å². The second-order valence-corrected chi connectivity index (χ2v) is 3.06. The predicted octanol–water partition coefficient (Wildman–Crippen LogP) is 1.20. The Bertz CT molecular complexity index is 309. The summed E-state index contributed by atoms with van der Waals surface area (Å²) in [7, 11) is 0. The number of benzene rings is 1. The summed E-state index contributed by atoms with van der Waals surface area (Å²) in [6.07, 6.45) is 0. The Labute approximate surface area is 77.8 Å². The molecule has 0 heterocycles. The lowest BCUT2D eigenvalue weighted by Crippen LogP contribution is -2.08. The Morgan fingerprint density at radius 1 is 1.38 bits per heavy atom. The summed E-state index contributed by atoms with van der Waals surface area (Å²) in [5, 5.41) is -1.23. The van der Waals surface area contributed by atoms with E-state index >= 15 is 0 Å². The zero-order valence-corrected chi connectivity index (χ0v) is 7.45. The number of rotatable bonds is 2. The first-order valence-electron chi connectivity index (χ1n) is 3.50. The predicted molar refractivity (Wildman–Crippen MR) is 45.5 cm³/mol. The molecule has 0 saturated heterocycles. The van der Waals surface area contributed by atoms with Gasteiger partial charge in [-0.05, 0) is 5.56 Å². The van der Waals surface area contributed by atoms with Crippen molar-refractivity contribution in [1.29, 1.82) is 0 Å². The summed E-state index contributed by atoms with van der Waals surface area (Å²) in [6.45, 7) is -0.0202. The molecule has 4 nitrogen and oxygen atoms in total. The van der Waals surface area contributed by atoms with Gasteiger partial charge in [-0.15, -0.1) is 0 Å². The fourth-order valence-electron chi connectivity index (χ4n) is 0.765. The maximum absolute atomic E-state index is 10.5. The Balaban J connectivity index is 2.44. The van der Waals surface area contributed by atoms with Crippen molar-refractivity contribution in [1.82, 2.24) is 0 Å². The third-order valence-electron chi connectivity index (χ3n) is 1.34. The molecule has 0 aliphatic carbocycles. The van der Waals surface area contributed by atoms with Crippen molar-refractivity contribution in [3.63, 3.8) is 0 Å². The minimum atomic E-state index is -2.80. The van der Waals surface area contributed by atoms with Gasteiger partial charge in [0.15, 0.2) is 0 Å². The first-order valence-corrected chi connectivity index (χ1v) is 4.57. The SMILES string of the molecule is O=C(OCc1ccccc1)S(=O)[O-]. The molecule has 0 bridgehead atoms. The zero-order chi connectivity index (χ0) is 9.68. The van der Waals surface area contributed by atoms with E-state index in [0.717, 1.165) is 5.56 Å². The van der Waals surface area contributed by atoms with Crippen molar-refractivity contribution in [2.24, 2.45) is 0 Å². The standard InChI is InChI=1S/C8H8O4S/c9-8(13(10)11)12-6-7-4-2-1-3-5-7/h1-5H,6H2,(H,10,11)/p-1. The molecule has 1 rings (SSSR count). The number of carbonyl (C=O) groups is 1. The van der Waals surface area contributed by atoms with Crippen molar-refractivity contribution in [2.45, 2.75) is 6.61 Å². The van der Waals surface area contributed by atoms with Crippen LogP contribution in [0, 0.1) is 0 Å². The zero-order valence-electron chi connectivity index (χ0n) is 6.64. The topological polar surface area (TPSA) is 66.4 Å². The van der Waals surface area contributed by atoms with Gasteiger partial charge in [0.1, 0.15) is 6.61 Å². The Morgan fingerprint density at radius 3 is 2.54 bits per heavy atom. The van der Waals surface area contributed by atoms with E-state index in [-0.39, 0.29) is 6.61 Å². The summed E-state index contributed by atoms with van der Waals surface area (Å²) in [5.74, 6) is 0. The fourth-order valence-corrected chi connectivity index (χ4v) is 0.920. The first-order chi connectivity index (χ1) is 6.20. The Kier molecular flexibility index (Phi) is 3.60. The summed E-state index contributed by atoms with van der Waals surface area (Å²) in [4.78, 5) is 10.5. The lowest BCUT2D eigenvalue weighted by atomic mass is 10.2. The van der Waals surface area contributed by atoms with Gasteiger partial charge in [-0.25, -0.2) is 4.79 Å². The normalized spacial score (nSPS) is 12.1. The molecule has 13 heavy (non-hydrogen) atoms. The van der Waals surface area contributed by atoms with Gasteiger partial charge in [-0.1, -0.05) is 30.3 Å². The molecule has 0 N–H and O–H groups in total. The molecule has 0 fully saturated rings. The quantitative estimate of drug-likeness (QED) is 0.530. The molecule has 0 aromatic heterocycles. The van der Waals surface area contributed by atoms with Crippen molar-refractivity contribution in [2.75, 3.05) is 0 Å². The van der Waals surface area contributed by atoms with Crippen LogP contribution in [0.5, 0.6) is 0 Å². The highest BCUT2D eigenvalue weighted by molar-refractivity contribution is 7.94. The van der Waals surface area contributed by atoms with Crippen molar-refractivity contribution < 1.29 is 18.3 Å². The monoisotopic (exact) mass is 199 g/mol. The molecule has 1 aromatic rings. The second kappa shape index (κ2) is 4.74. The number of hydrogen-bond donors (Lipinski definition) is 0. The highest BCUT2D eigenvalue weighted by Gasteiger charge is 2.01. The van der Waals surface area contributed by atoms with Gasteiger partial charge in [0.25, 0.3) is 0 Å². The van der Waals surface area contributed by atoms with E-state index in [1.54, 1.807) is 24.3 Å². The van der Waals surface area contributed by atoms with Gasteiger partial charge in [0.2, 0.25) is 0 Å². The molecular weight excluding hydrogens is 192 g/mol. The molecule has 1 unspecified atom stereocenters. The number of hydrogen-bond acceptors (Lipinski definition) is 4. The average Bonchev–Trinajstić information content (AvgIpc) is 2.15. The van der Waals surface area contributed by atoms with E-state index in [0.29, 0.717) is 0 Å². The van der Waals surface area contributed by atoms with Crippen molar-refractivity contribution in [3.05, 3.63) is 35.9 Å². The summed E-state index contributed by atoms with van der Waals surface area (Å²) in [5.41, 5.74) is 0.751. The van der Waals surface area contributed by atoms with Crippen LogP contribution >= 0.6 is 0 Å². The average molecular weight is 199 g/mol. The van der Waals surface area contributed by atoms with Crippen molar-refractivity contribution >= 4 is 16.4 Å². The second-order valence-electron chi connectivity index (χ2n) is 2.26. The molecule has 0 amide bonds. The van der Waals surface area contributed by atoms with E-state index in [2.05, 4.69) is 4.74 Å². The molecule has 0 radical (unpaired) electrons. The molecule has 1 aromatic carbocycles. The summed E-state index contributed by atoms with van der Waals surface area (Å²) in [6, 6.07) is 8.84. The Morgan fingerprint density at radius 2 is 2.00 bits per heavy atom. The van der Waals surface area contributed by atoms with Gasteiger partial charge >= 0.3 is 5.30 Å². The first kappa shape index (κ1) is 9.88. The molecule has 0 spiro atoms. The molecule has 0 aliphatic rings. The molecule has 5 heteroatoms. The molecule has 1 atom stereocenters. The number of carbonyl (C=O) groups excluding carboxylic acids is 1. The van der Waals surface area contributed by atoms with Crippen LogP contribution in [0.15, 0.2) is 30.3 Å². The summed E-state index contributed by atoms with van der Waals surface area (Å²) < 4.78 is 24.5. The third-order valence-corrected chi connectivity index (χ3v) is 1.73. The molecular formula is C8H7O4S-. The van der Waals surface area contributed by atoms with Gasteiger partial charge in [-0.2, -0.15) is 0 Å². The maximum atomic E-state index is 10.5. The van der Waals surface area contributed by atoms with Crippen LogP contribution in [0.3, 0.4) is 0 Å². The fraction of sp³-hybridized carbons (Fsp3) is 0.125. The third kappa shape index (κ3) is 3.35. The van der Waals surface area contributed by atoms with Crippen LogP contribution in [0.2, 0.25) is 0 Å². The minimum absolute atomic E-state index is 0.0202. The van der Waals surface area contributed by atoms with Crippen LogP contribution in [0.4, 0.5) is 4.79 Å². The molecule has 0 aliphatic heterocycles. The van der Waals surface area contributed by atoms with Gasteiger partial charge in [-0.3, -0.25) is 4.21 Å². The summed E-state index contributed by atoms with van der Waals surface area (Å²) >= 11 is -2.80. The van der Waals surface area contributed by atoms with Crippen LogP contribution in [-0.2, 0) is 22.4 Å². The van der Waals surface area contributed by atoms with E-state index in [1.165, 1.54) is 0 Å². The Hall–Kier alpha value is -1.20. The lowest BCUT2D eigenvalue weighted by molar-refractivity contribution is 0.165. The van der Waals surface area contributed by atoms with Gasteiger partial charge < -0.3 is 9.29 Å². The van der Waals surface area contributed by atoms with Crippen LogP contribution < -0.4 is 0 Å². The minimum Gasteiger partial charge on any atom is -0.764 e. The van der Waals surface area contributed by atoms with Gasteiger partial charge in [0.05, 0.1) is 11.1 Å². The van der Waals surface area contributed by atoms with E-state index < -0.39 is 16.4 Å². The highest BCUT2D eigenvalue weighted by atomic mass is 32.2.